The molecule has 3 nitrogen and oxygen atoms in total. The van der Waals surface area contributed by atoms with Crippen LogP contribution in [0.1, 0.15) is 6.92 Å². The molecule has 0 aliphatic heterocycles. The van der Waals surface area contributed by atoms with Crippen molar-refractivity contribution in [2.45, 2.75) is 13.0 Å². The summed E-state index contributed by atoms with van der Waals surface area (Å²) in [6.45, 7) is 5.74. The quantitative estimate of drug-likeness (QED) is 0.753. The van der Waals surface area contributed by atoms with Crippen LogP contribution in [0, 0.1) is 0 Å². The first-order chi connectivity index (χ1) is 7.19. The minimum absolute atomic E-state index is 0.210. The van der Waals surface area contributed by atoms with Gasteiger partial charge in [0.1, 0.15) is 11.5 Å². The fraction of sp³-hybridized carbons (Fsp3) is 0.333. The zero-order valence-corrected chi connectivity index (χ0v) is 9.41. The number of ether oxygens (including phenoxy) is 2. The molecule has 1 N–H and O–H groups in total. The van der Waals surface area contributed by atoms with Crippen LogP contribution in [0.5, 0.6) is 11.5 Å². The number of benzene rings is 1. The molecule has 82 valence electrons. The molecule has 0 saturated heterocycles. The predicted molar refractivity (Wildman–Crippen MR) is 62.8 cm³/mol. The van der Waals surface area contributed by atoms with Crippen LogP contribution in [0.15, 0.2) is 30.9 Å². The van der Waals surface area contributed by atoms with Crippen LogP contribution >= 0.6 is 0 Å². The summed E-state index contributed by atoms with van der Waals surface area (Å²) in [5.41, 5.74) is 0.957. The van der Waals surface area contributed by atoms with Crippen molar-refractivity contribution in [3.05, 3.63) is 30.9 Å². The van der Waals surface area contributed by atoms with E-state index in [0.717, 1.165) is 17.2 Å². The van der Waals surface area contributed by atoms with Gasteiger partial charge in [0, 0.05) is 29.9 Å². The van der Waals surface area contributed by atoms with Crippen LogP contribution in [0.2, 0.25) is 0 Å². The lowest BCUT2D eigenvalue weighted by Crippen LogP contribution is -2.11. The van der Waals surface area contributed by atoms with Crippen molar-refractivity contribution >= 4 is 5.69 Å². The molecule has 0 radical (unpaired) electrons. The molecule has 0 amide bonds. The Morgan fingerprint density at radius 2 is 1.73 bits per heavy atom. The summed E-state index contributed by atoms with van der Waals surface area (Å²) in [6, 6.07) is 5.89. The Labute approximate surface area is 90.7 Å². The molecule has 0 fully saturated rings. The third-order valence-corrected chi connectivity index (χ3v) is 2.10. The number of hydrogen-bond acceptors (Lipinski definition) is 3. The van der Waals surface area contributed by atoms with Crippen molar-refractivity contribution < 1.29 is 9.47 Å². The summed E-state index contributed by atoms with van der Waals surface area (Å²) in [4.78, 5) is 0. The summed E-state index contributed by atoms with van der Waals surface area (Å²) in [7, 11) is 3.27. The van der Waals surface area contributed by atoms with Gasteiger partial charge in [-0.3, -0.25) is 0 Å². The van der Waals surface area contributed by atoms with E-state index in [2.05, 4.69) is 11.9 Å². The second kappa shape index (κ2) is 5.29. The summed E-state index contributed by atoms with van der Waals surface area (Å²) >= 11 is 0. The topological polar surface area (TPSA) is 30.5 Å². The number of hydrogen-bond donors (Lipinski definition) is 1. The smallest absolute Gasteiger partial charge is 0.124 e. The predicted octanol–water partition coefficient (Wildman–Crippen LogP) is 2.69. The van der Waals surface area contributed by atoms with Crippen molar-refractivity contribution in [2.75, 3.05) is 19.5 Å². The number of rotatable bonds is 5. The Bertz CT molecular complexity index is 314. The molecule has 0 saturated carbocycles. The highest BCUT2D eigenvalue weighted by atomic mass is 16.5. The minimum Gasteiger partial charge on any atom is -0.497 e. The number of methoxy groups -OCH3 is 2. The molecule has 0 heterocycles. The highest BCUT2D eigenvalue weighted by Crippen LogP contribution is 2.26. The first kappa shape index (κ1) is 11.4. The molecular weight excluding hydrogens is 190 g/mol. The second-order valence-corrected chi connectivity index (χ2v) is 3.27. The molecule has 1 atom stereocenters. The highest BCUT2D eigenvalue weighted by molar-refractivity contribution is 5.54. The zero-order valence-electron chi connectivity index (χ0n) is 9.41. The lowest BCUT2D eigenvalue weighted by Gasteiger charge is -2.13. The minimum atomic E-state index is 0.210. The van der Waals surface area contributed by atoms with Gasteiger partial charge in [-0.05, 0) is 6.92 Å². The van der Waals surface area contributed by atoms with Gasteiger partial charge in [0.25, 0.3) is 0 Å². The van der Waals surface area contributed by atoms with E-state index < -0.39 is 0 Å². The Kier molecular flexibility index (Phi) is 4.03. The summed E-state index contributed by atoms with van der Waals surface area (Å²) in [5, 5.41) is 3.26. The molecule has 0 aromatic heterocycles. The molecule has 1 unspecified atom stereocenters. The van der Waals surface area contributed by atoms with Crippen LogP contribution in [0.4, 0.5) is 5.69 Å². The average Bonchev–Trinajstić information content (AvgIpc) is 2.28. The fourth-order valence-electron chi connectivity index (χ4n) is 1.21. The third kappa shape index (κ3) is 3.20. The molecule has 0 spiro atoms. The lowest BCUT2D eigenvalue weighted by atomic mass is 10.2. The largest absolute Gasteiger partial charge is 0.497 e. The van der Waals surface area contributed by atoms with Gasteiger partial charge in [-0.2, -0.15) is 0 Å². The van der Waals surface area contributed by atoms with Crippen LogP contribution in [0.25, 0.3) is 0 Å². The van der Waals surface area contributed by atoms with Gasteiger partial charge in [-0.25, -0.2) is 0 Å². The van der Waals surface area contributed by atoms with E-state index in [-0.39, 0.29) is 6.04 Å². The van der Waals surface area contributed by atoms with Gasteiger partial charge in [0.2, 0.25) is 0 Å². The molecule has 0 aliphatic carbocycles. The Morgan fingerprint density at radius 1 is 1.20 bits per heavy atom. The summed E-state index contributed by atoms with van der Waals surface area (Å²) < 4.78 is 10.3. The fourth-order valence-corrected chi connectivity index (χ4v) is 1.21. The maximum atomic E-state index is 5.17. The first-order valence-electron chi connectivity index (χ1n) is 4.81. The van der Waals surface area contributed by atoms with Crippen LogP contribution in [0.3, 0.4) is 0 Å². The van der Waals surface area contributed by atoms with Gasteiger partial charge in [0.05, 0.1) is 14.2 Å². The normalized spacial score (nSPS) is 11.7. The van der Waals surface area contributed by atoms with Gasteiger partial charge in [-0.1, -0.05) is 6.08 Å². The van der Waals surface area contributed by atoms with Crippen molar-refractivity contribution in [3.8, 4) is 11.5 Å². The van der Waals surface area contributed by atoms with E-state index >= 15 is 0 Å². The molecule has 15 heavy (non-hydrogen) atoms. The maximum Gasteiger partial charge on any atom is 0.124 e. The maximum absolute atomic E-state index is 5.17. The van der Waals surface area contributed by atoms with Crippen LogP contribution in [-0.2, 0) is 0 Å². The SMILES string of the molecule is C=CC(C)Nc1cc(OC)cc(OC)c1. The van der Waals surface area contributed by atoms with E-state index in [1.54, 1.807) is 14.2 Å². The molecular formula is C12H17NO2. The molecule has 1 aromatic carbocycles. The van der Waals surface area contributed by atoms with E-state index in [1.165, 1.54) is 0 Å². The summed E-state index contributed by atoms with van der Waals surface area (Å²) in [6.07, 6.45) is 1.84. The Balaban J connectivity index is 2.91. The molecule has 0 bridgehead atoms. The van der Waals surface area contributed by atoms with Crippen LogP contribution in [-0.4, -0.2) is 20.3 Å². The molecule has 1 rings (SSSR count). The van der Waals surface area contributed by atoms with Gasteiger partial charge < -0.3 is 14.8 Å². The lowest BCUT2D eigenvalue weighted by molar-refractivity contribution is 0.394. The first-order valence-corrected chi connectivity index (χ1v) is 4.81. The number of nitrogens with one attached hydrogen (secondary N) is 1. The van der Waals surface area contributed by atoms with Crippen molar-refractivity contribution in [1.29, 1.82) is 0 Å². The van der Waals surface area contributed by atoms with Gasteiger partial charge in [0.15, 0.2) is 0 Å². The molecule has 1 aromatic rings. The van der Waals surface area contributed by atoms with Gasteiger partial charge >= 0.3 is 0 Å². The van der Waals surface area contributed by atoms with Crippen LogP contribution < -0.4 is 14.8 Å². The second-order valence-electron chi connectivity index (χ2n) is 3.27. The average molecular weight is 207 g/mol. The van der Waals surface area contributed by atoms with E-state index in [1.807, 2.05) is 31.2 Å². The third-order valence-electron chi connectivity index (χ3n) is 2.10. The van der Waals surface area contributed by atoms with E-state index in [9.17, 15) is 0 Å². The Hall–Kier alpha value is -1.64. The van der Waals surface area contributed by atoms with Gasteiger partial charge in [-0.15, -0.1) is 6.58 Å². The van der Waals surface area contributed by atoms with E-state index in [4.69, 9.17) is 9.47 Å². The summed E-state index contributed by atoms with van der Waals surface area (Å²) in [5.74, 6) is 1.54. The monoisotopic (exact) mass is 207 g/mol. The molecule has 3 heteroatoms. The van der Waals surface area contributed by atoms with Crippen molar-refractivity contribution in [1.82, 2.24) is 0 Å². The number of anilines is 1. The molecule has 0 aliphatic rings. The van der Waals surface area contributed by atoms with Crippen molar-refractivity contribution in [3.63, 3.8) is 0 Å². The van der Waals surface area contributed by atoms with E-state index in [0.29, 0.717) is 0 Å². The Morgan fingerprint density at radius 3 is 2.13 bits per heavy atom. The zero-order chi connectivity index (χ0) is 11.3. The highest BCUT2D eigenvalue weighted by Gasteiger charge is 2.02. The standard InChI is InChI=1S/C12H17NO2/c1-5-9(2)13-10-6-11(14-3)8-12(7-10)15-4/h5-9,13H,1H2,2-4H3. The van der Waals surface area contributed by atoms with Crippen molar-refractivity contribution in [2.24, 2.45) is 0 Å².